The zero-order chi connectivity index (χ0) is 13.3. The van der Waals surface area contributed by atoms with Gasteiger partial charge < -0.3 is 5.73 Å². The van der Waals surface area contributed by atoms with E-state index in [0.717, 1.165) is 9.13 Å². The molecule has 0 saturated heterocycles. The Labute approximate surface area is 132 Å². The van der Waals surface area contributed by atoms with E-state index in [0.29, 0.717) is 10.0 Å². The van der Waals surface area contributed by atoms with Crippen molar-refractivity contribution in [2.24, 2.45) is 5.73 Å². The summed E-state index contributed by atoms with van der Waals surface area (Å²) in [5, 5.41) is 0.0634. The molecule has 0 aliphatic carbocycles. The first-order valence-electron chi connectivity index (χ1n) is 5.15. The summed E-state index contributed by atoms with van der Waals surface area (Å²) in [6, 6.07) is 10.5. The van der Waals surface area contributed by atoms with Crippen molar-refractivity contribution in [3.8, 4) is 0 Å². The standard InChI is InChI=1S/C13H9BrClFIN/c14-10-6-5-9(12(16)11(10)15)13(18)7-1-3-8(17)4-2-7/h1-6,13H,18H2. The molecule has 2 aromatic carbocycles. The second kappa shape index (κ2) is 5.86. The molecule has 94 valence electrons. The van der Waals surface area contributed by atoms with Crippen LogP contribution in [-0.4, -0.2) is 0 Å². The van der Waals surface area contributed by atoms with Crippen molar-refractivity contribution in [2.75, 3.05) is 0 Å². The molecule has 5 heteroatoms. The SMILES string of the molecule is NC(c1ccc(I)cc1)c1ccc(Br)c(Cl)c1F. The van der Waals surface area contributed by atoms with Crippen LogP contribution in [0.15, 0.2) is 40.9 Å². The van der Waals surface area contributed by atoms with Gasteiger partial charge in [0.2, 0.25) is 0 Å². The number of rotatable bonds is 2. The Hall–Kier alpha value is -0.170. The van der Waals surface area contributed by atoms with E-state index in [1.807, 2.05) is 24.3 Å². The van der Waals surface area contributed by atoms with Crippen molar-refractivity contribution in [3.63, 3.8) is 0 Å². The molecular formula is C13H9BrClFIN. The maximum atomic E-state index is 14.0. The summed E-state index contributed by atoms with van der Waals surface area (Å²) < 4.78 is 15.7. The Morgan fingerprint density at radius 3 is 2.39 bits per heavy atom. The van der Waals surface area contributed by atoms with E-state index in [1.165, 1.54) is 0 Å². The van der Waals surface area contributed by atoms with E-state index in [1.54, 1.807) is 12.1 Å². The van der Waals surface area contributed by atoms with Crippen molar-refractivity contribution in [3.05, 3.63) is 66.4 Å². The van der Waals surface area contributed by atoms with E-state index in [9.17, 15) is 4.39 Å². The summed E-state index contributed by atoms with van der Waals surface area (Å²) in [5.74, 6) is -0.475. The van der Waals surface area contributed by atoms with Crippen LogP contribution >= 0.6 is 50.1 Å². The molecule has 0 aromatic heterocycles. The monoisotopic (exact) mass is 439 g/mol. The van der Waals surface area contributed by atoms with Crippen molar-refractivity contribution in [1.82, 2.24) is 0 Å². The van der Waals surface area contributed by atoms with E-state index >= 15 is 0 Å². The Kier molecular flexibility index (Phi) is 4.64. The van der Waals surface area contributed by atoms with E-state index in [2.05, 4.69) is 38.5 Å². The van der Waals surface area contributed by atoms with E-state index < -0.39 is 11.9 Å². The minimum Gasteiger partial charge on any atom is -0.320 e. The van der Waals surface area contributed by atoms with E-state index in [-0.39, 0.29) is 5.02 Å². The smallest absolute Gasteiger partial charge is 0.148 e. The topological polar surface area (TPSA) is 26.0 Å². The van der Waals surface area contributed by atoms with Gasteiger partial charge >= 0.3 is 0 Å². The lowest BCUT2D eigenvalue weighted by Gasteiger charge is -2.14. The van der Waals surface area contributed by atoms with Crippen LogP contribution in [0.4, 0.5) is 4.39 Å². The molecule has 0 saturated carbocycles. The molecule has 0 heterocycles. The van der Waals surface area contributed by atoms with Crippen LogP contribution in [0.5, 0.6) is 0 Å². The summed E-state index contributed by atoms with van der Waals surface area (Å²) in [6.07, 6.45) is 0. The number of nitrogens with two attached hydrogens (primary N) is 1. The highest BCUT2D eigenvalue weighted by atomic mass is 127. The molecule has 1 atom stereocenters. The molecule has 0 aliphatic heterocycles. The van der Waals surface area contributed by atoms with Crippen molar-refractivity contribution < 1.29 is 4.39 Å². The Balaban J connectivity index is 2.43. The third kappa shape index (κ3) is 2.87. The zero-order valence-electron chi connectivity index (χ0n) is 9.13. The third-order valence-electron chi connectivity index (χ3n) is 2.63. The van der Waals surface area contributed by atoms with Crippen molar-refractivity contribution in [2.45, 2.75) is 6.04 Å². The first kappa shape index (κ1) is 14.2. The summed E-state index contributed by atoms with van der Waals surface area (Å²) in [7, 11) is 0. The molecule has 2 aromatic rings. The molecule has 0 amide bonds. The molecular weight excluding hydrogens is 431 g/mol. The first-order valence-corrected chi connectivity index (χ1v) is 7.40. The van der Waals surface area contributed by atoms with Crippen molar-refractivity contribution in [1.29, 1.82) is 0 Å². The lowest BCUT2D eigenvalue weighted by Crippen LogP contribution is -2.13. The van der Waals surface area contributed by atoms with Gasteiger partial charge in [-0.15, -0.1) is 0 Å². The summed E-state index contributed by atoms with van der Waals surface area (Å²) in [6.45, 7) is 0. The number of hydrogen-bond acceptors (Lipinski definition) is 1. The van der Waals surface area contributed by atoms with Gasteiger partial charge in [0.05, 0.1) is 11.1 Å². The highest BCUT2D eigenvalue weighted by Crippen LogP contribution is 2.31. The molecule has 1 unspecified atom stereocenters. The summed E-state index contributed by atoms with van der Waals surface area (Å²) in [5.41, 5.74) is 7.32. The van der Waals surface area contributed by atoms with Gasteiger partial charge in [0.15, 0.2) is 0 Å². The van der Waals surface area contributed by atoms with Crippen LogP contribution in [0, 0.1) is 9.39 Å². The summed E-state index contributed by atoms with van der Waals surface area (Å²) >= 11 is 11.3. The largest absolute Gasteiger partial charge is 0.320 e. The van der Waals surface area contributed by atoms with Gasteiger partial charge in [-0.05, 0) is 62.3 Å². The summed E-state index contributed by atoms with van der Waals surface area (Å²) in [4.78, 5) is 0. The van der Waals surface area contributed by atoms with Crippen LogP contribution in [0.1, 0.15) is 17.2 Å². The van der Waals surface area contributed by atoms with Gasteiger partial charge in [-0.3, -0.25) is 0 Å². The minimum absolute atomic E-state index is 0.0634. The first-order chi connectivity index (χ1) is 8.50. The fraction of sp³-hybridized carbons (Fsp3) is 0.0769. The van der Waals surface area contributed by atoms with Crippen LogP contribution in [0.3, 0.4) is 0 Å². The van der Waals surface area contributed by atoms with Crippen LogP contribution < -0.4 is 5.73 Å². The predicted octanol–water partition coefficient (Wildman–Crippen LogP) is 4.89. The third-order valence-corrected chi connectivity index (χ3v) is 4.61. The van der Waals surface area contributed by atoms with Gasteiger partial charge in [-0.1, -0.05) is 29.8 Å². The lowest BCUT2D eigenvalue weighted by atomic mass is 9.99. The van der Waals surface area contributed by atoms with Crippen LogP contribution in [0.25, 0.3) is 0 Å². The van der Waals surface area contributed by atoms with Crippen LogP contribution in [0.2, 0.25) is 5.02 Å². The molecule has 18 heavy (non-hydrogen) atoms. The van der Waals surface area contributed by atoms with Crippen LogP contribution in [-0.2, 0) is 0 Å². The van der Waals surface area contributed by atoms with E-state index in [4.69, 9.17) is 17.3 Å². The molecule has 2 rings (SSSR count). The highest BCUT2D eigenvalue weighted by Gasteiger charge is 2.17. The predicted molar refractivity (Wildman–Crippen MR) is 84.3 cm³/mol. The normalized spacial score (nSPS) is 12.5. The number of benzene rings is 2. The molecule has 0 bridgehead atoms. The zero-order valence-corrected chi connectivity index (χ0v) is 13.6. The fourth-order valence-corrected chi connectivity index (χ4v) is 2.47. The molecule has 2 N–H and O–H groups in total. The van der Waals surface area contributed by atoms with Gasteiger partial charge in [-0.2, -0.15) is 0 Å². The Morgan fingerprint density at radius 2 is 1.78 bits per heavy atom. The average molecular weight is 440 g/mol. The molecule has 0 spiro atoms. The minimum atomic E-state index is -0.521. The average Bonchev–Trinajstić information content (AvgIpc) is 2.36. The Morgan fingerprint density at radius 1 is 1.17 bits per heavy atom. The molecule has 0 aliphatic rings. The molecule has 0 radical (unpaired) electrons. The highest BCUT2D eigenvalue weighted by molar-refractivity contribution is 14.1. The Bertz CT molecular complexity index is 574. The number of hydrogen-bond donors (Lipinski definition) is 1. The molecule has 1 nitrogen and oxygen atoms in total. The van der Waals surface area contributed by atoms with Gasteiger partial charge in [0.25, 0.3) is 0 Å². The quantitative estimate of drug-likeness (QED) is 0.522. The van der Waals surface area contributed by atoms with Gasteiger partial charge in [0, 0.05) is 13.6 Å². The fourth-order valence-electron chi connectivity index (χ4n) is 1.63. The number of halogens is 4. The second-order valence-corrected chi connectivity index (χ2v) is 6.27. The van der Waals surface area contributed by atoms with Crippen molar-refractivity contribution >= 4 is 50.1 Å². The van der Waals surface area contributed by atoms with Gasteiger partial charge in [0.1, 0.15) is 5.82 Å². The van der Waals surface area contributed by atoms with Gasteiger partial charge in [-0.25, -0.2) is 4.39 Å². The maximum absolute atomic E-state index is 14.0. The second-order valence-electron chi connectivity index (χ2n) is 3.79. The molecule has 0 fully saturated rings. The maximum Gasteiger partial charge on any atom is 0.148 e. The lowest BCUT2D eigenvalue weighted by molar-refractivity contribution is 0.599.